The van der Waals surface area contributed by atoms with Gasteiger partial charge in [0.1, 0.15) is 4.49 Å². The number of rotatable bonds is 3. The first-order valence-corrected chi connectivity index (χ1v) is 5.05. The topological polar surface area (TPSA) is 37.3 Å². The molecule has 0 saturated heterocycles. The molecule has 2 atom stereocenters. The van der Waals surface area contributed by atoms with Gasteiger partial charge in [-0.15, -0.1) is 0 Å². The average Bonchev–Trinajstić information content (AvgIpc) is 2.52. The molecule has 4 heteroatoms. The van der Waals surface area contributed by atoms with Crippen LogP contribution in [0.3, 0.4) is 0 Å². The van der Waals surface area contributed by atoms with Crippen molar-refractivity contribution < 1.29 is 9.90 Å². The Bertz CT molecular complexity index is 301. The highest BCUT2D eigenvalue weighted by Crippen LogP contribution is 2.59. The molecule has 1 N–H and O–H groups in total. The quantitative estimate of drug-likeness (QED) is 0.762. The maximum atomic E-state index is 10.8. The van der Waals surface area contributed by atoms with E-state index in [1.165, 1.54) is 6.08 Å². The Morgan fingerprint density at radius 3 is 2.36 bits per heavy atom. The summed E-state index contributed by atoms with van der Waals surface area (Å²) < 4.78 is 0.173. The molecule has 0 bridgehead atoms. The number of carboxylic acids is 1. The second-order valence-electron chi connectivity index (χ2n) is 4.00. The summed E-state index contributed by atoms with van der Waals surface area (Å²) in [7, 11) is 0. The molecule has 0 amide bonds. The lowest BCUT2D eigenvalue weighted by Crippen LogP contribution is -2.02. The monoisotopic (exact) mass is 234 g/mol. The van der Waals surface area contributed by atoms with Crippen molar-refractivity contribution in [2.75, 3.05) is 0 Å². The van der Waals surface area contributed by atoms with Crippen LogP contribution in [0.1, 0.15) is 13.8 Å². The normalized spacial score (nSPS) is 28.9. The van der Waals surface area contributed by atoms with Crippen molar-refractivity contribution >= 4 is 29.2 Å². The SMILES string of the molecule is CC1(C)C(C=CC=C(Cl)Cl)C1C(=O)O. The Morgan fingerprint density at radius 1 is 1.43 bits per heavy atom. The number of halogens is 2. The first-order valence-electron chi connectivity index (χ1n) is 4.29. The lowest BCUT2D eigenvalue weighted by molar-refractivity contribution is -0.139. The third kappa shape index (κ3) is 2.31. The lowest BCUT2D eigenvalue weighted by atomic mass is 10.1. The van der Waals surface area contributed by atoms with Crippen molar-refractivity contribution in [1.29, 1.82) is 0 Å². The maximum Gasteiger partial charge on any atom is 0.307 e. The Kier molecular flexibility index (Phi) is 3.28. The van der Waals surface area contributed by atoms with E-state index in [0.29, 0.717) is 0 Å². The van der Waals surface area contributed by atoms with Gasteiger partial charge in [-0.25, -0.2) is 0 Å². The zero-order valence-corrected chi connectivity index (χ0v) is 9.51. The molecule has 14 heavy (non-hydrogen) atoms. The van der Waals surface area contributed by atoms with E-state index in [1.54, 1.807) is 6.08 Å². The van der Waals surface area contributed by atoms with E-state index >= 15 is 0 Å². The van der Waals surface area contributed by atoms with E-state index < -0.39 is 5.97 Å². The Morgan fingerprint density at radius 2 is 2.00 bits per heavy atom. The molecule has 1 fully saturated rings. The van der Waals surface area contributed by atoms with Gasteiger partial charge in [0.15, 0.2) is 0 Å². The van der Waals surface area contributed by atoms with E-state index in [1.807, 2.05) is 19.9 Å². The first kappa shape index (κ1) is 11.6. The maximum absolute atomic E-state index is 10.8. The van der Waals surface area contributed by atoms with Gasteiger partial charge in [-0.3, -0.25) is 4.79 Å². The highest BCUT2D eigenvalue weighted by atomic mass is 35.5. The second kappa shape index (κ2) is 3.95. The summed E-state index contributed by atoms with van der Waals surface area (Å²) in [4.78, 5) is 10.8. The molecule has 0 spiro atoms. The minimum Gasteiger partial charge on any atom is -0.481 e. The molecule has 0 aromatic heterocycles. The third-order valence-electron chi connectivity index (χ3n) is 2.72. The molecule has 0 radical (unpaired) electrons. The van der Waals surface area contributed by atoms with Crippen molar-refractivity contribution in [3.8, 4) is 0 Å². The van der Waals surface area contributed by atoms with Gasteiger partial charge in [0.05, 0.1) is 5.92 Å². The molecular weight excluding hydrogens is 223 g/mol. The van der Waals surface area contributed by atoms with Crippen molar-refractivity contribution in [3.63, 3.8) is 0 Å². The number of carbonyl (C=O) groups is 1. The second-order valence-corrected chi connectivity index (χ2v) is 5.01. The average molecular weight is 235 g/mol. The van der Waals surface area contributed by atoms with Crippen LogP contribution in [0.15, 0.2) is 22.7 Å². The zero-order valence-electron chi connectivity index (χ0n) is 8.00. The number of carboxylic acid groups (broad SMARTS) is 1. The molecular formula is C10H12Cl2O2. The largest absolute Gasteiger partial charge is 0.481 e. The van der Waals surface area contributed by atoms with Gasteiger partial charge in [0, 0.05) is 0 Å². The third-order valence-corrected chi connectivity index (χ3v) is 2.97. The van der Waals surface area contributed by atoms with E-state index in [9.17, 15) is 4.79 Å². The lowest BCUT2D eigenvalue weighted by Gasteiger charge is -1.95. The van der Waals surface area contributed by atoms with E-state index in [-0.39, 0.29) is 21.7 Å². The molecule has 0 aromatic rings. The fraction of sp³-hybridized carbons (Fsp3) is 0.500. The fourth-order valence-corrected chi connectivity index (χ4v) is 1.90. The molecule has 78 valence electrons. The van der Waals surface area contributed by atoms with E-state index in [2.05, 4.69) is 0 Å². The Hall–Kier alpha value is -0.470. The summed E-state index contributed by atoms with van der Waals surface area (Å²) in [6.07, 6.45) is 5.07. The minimum atomic E-state index is -0.745. The molecule has 1 rings (SSSR count). The highest BCUT2D eigenvalue weighted by Gasteiger charge is 2.60. The van der Waals surface area contributed by atoms with Gasteiger partial charge < -0.3 is 5.11 Å². The summed E-state index contributed by atoms with van der Waals surface area (Å²) in [6.45, 7) is 3.87. The summed E-state index contributed by atoms with van der Waals surface area (Å²) in [5.41, 5.74) is -0.158. The predicted molar refractivity (Wildman–Crippen MR) is 57.3 cm³/mol. The van der Waals surface area contributed by atoms with Crippen LogP contribution in [-0.4, -0.2) is 11.1 Å². The first-order chi connectivity index (χ1) is 6.37. The van der Waals surface area contributed by atoms with Gasteiger partial charge in [-0.1, -0.05) is 49.2 Å². The van der Waals surface area contributed by atoms with Gasteiger partial charge in [-0.05, 0) is 17.4 Å². The molecule has 2 unspecified atom stereocenters. The van der Waals surface area contributed by atoms with Crippen LogP contribution in [0, 0.1) is 17.3 Å². The van der Waals surface area contributed by atoms with Crippen LogP contribution in [0.25, 0.3) is 0 Å². The predicted octanol–water partition coefficient (Wildman–Crippen LogP) is 3.22. The molecule has 2 nitrogen and oxygen atoms in total. The van der Waals surface area contributed by atoms with Crippen molar-refractivity contribution in [2.45, 2.75) is 13.8 Å². The van der Waals surface area contributed by atoms with E-state index in [4.69, 9.17) is 28.3 Å². The van der Waals surface area contributed by atoms with Crippen LogP contribution >= 0.6 is 23.2 Å². The smallest absolute Gasteiger partial charge is 0.307 e. The number of hydrogen-bond acceptors (Lipinski definition) is 1. The molecule has 1 saturated carbocycles. The van der Waals surface area contributed by atoms with Crippen molar-refractivity contribution in [1.82, 2.24) is 0 Å². The van der Waals surface area contributed by atoms with Crippen LogP contribution in [0.5, 0.6) is 0 Å². The van der Waals surface area contributed by atoms with Crippen LogP contribution in [0.4, 0.5) is 0 Å². The van der Waals surface area contributed by atoms with E-state index in [0.717, 1.165) is 0 Å². The van der Waals surface area contributed by atoms with Gasteiger partial charge in [0.2, 0.25) is 0 Å². The summed E-state index contributed by atoms with van der Waals surface area (Å²) in [5, 5.41) is 8.87. The Labute approximate surface area is 93.2 Å². The van der Waals surface area contributed by atoms with Gasteiger partial charge in [0.25, 0.3) is 0 Å². The summed E-state index contributed by atoms with van der Waals surface area (Å²) in [6, 6.07) is 0. The zero-order chi connectivity index (χ0) is 10.9. The van der Waals surface area contributed by atoms with Gasteiger partial charge >= 0.3 is 5.97 Å². The molecule has 0 aliphatic heterocycles. The summed E-state index contributed by atoms with van der Waals surface area (Å²) in [5.74, 6) is -0.962. The highest BCUT2D eigenvalue weighted by molar-refractivity contribution is 6.55. The summed E-state index contributed by atoms with van der Waals surface area (Å²) >= 11 is 10.8. The van der Waals surface area contributed by atoms with Crippen LogP contribution in [-0.2, 0) is 4.79 Å². The van der Waals surface area contributed by atoms with Crippen molar-refractivity contribution in [2.24, 2.45) is 17.3 Å². The number of allylic oxidation sites excluding steroid dienone is 3. The van der Waals surface area contributed by atoms with Crippen LogP contribution < -0.4 is 0 Å². The Balaban J connectivity index is 2.62. The molecule has 1 aliphatic rings. The molecule has 0 heterocycles. The molecule has 1 aliphatic carbocycles. The van der Waals surface area contributed by atoms with Crippen LogP contribution in [0.2, 0.25) is 0 Å². The fourth-order valence-electron chi connectivity index (χ4n) is 1.76. The van der Waals surface area contributed by atoms with Crippen molar-refractivity contribution in [3.05, 3.63) is 22.7 Å². The minimum absolute atomic E-state index is 0.0731. The standard InChI is InChI=1S/C10H12Cl2O2/c1-10(2)6(8(10)9(13)14)4-3-5-7(11)12/h3-6,8H,1-2H3,(H,13,14). The molecule has 0 aromatic carbocycles. The number of hydrogen-bond donors (Lipinski definition) is 1. The van der Waals surface area contributed by atoms with Gasteiger partial charge in [-0.2, -0.15) is 0 Å². The number of aliphatic carboxylic acids is 1.